The molecule has 5 aromatic heterocycles. The summed E-state index contributed by atoms with van der Waals surface area (Å²) in [5.41, 5.74) is 10.7. The van der Waals surface area contributed by atoms with Gasteiger partial charge in [-0.1, -0.05) is 30.3 Å². The first-order valence-electron chi connectivity index (χ1n) is 20.7. The summed E-state index contributed by atoms with van der Waals surface area (Å²) < 4.78 is 18.6. The van der Waals surface area contributed by atoms with E-state index in [1.807, 2.05) is 97.6 Å². The van der Waals surface area contributed by atoms with Crippen LogP contribution in [0, 0.1) is 20.2 Å². The van der Waals surface area contributed by atoms with Crippen LogP contribution in [0.4, 0.5) is 22.7 Å². The summed E-state index contributed by atoms with van der Waals surface area (Å²) in [4.78, 5) is 34.2. The van der Waals surface area contributed by atoms with Crippen molar-refractivity contribution in [2.24, 2.45) is 5.84 Å². The molecule has 5 heterocycles. The number of nitrogens with two attached hydrogens (primary N) is 2. The van der Waals surface area contributed by atoms with Crippen LogP contribution in [0.2, 0.25) is 0 Å². The second-order valence-electron chi connectivity index (χ2n) is 13.2. The number of pyridine rings is 5. The molecule has 0 aliphatic carbocycles. The second kappa shape index (κ2) is 39.1. The van der Waals surface area contributed by atoms with Crippen molar-refractivity contribution in [3.63, 3.8) is 0 Å². The molecule has 19 nitrogen and oxygen atoms in total. The van der Waals surface area contributed by atoms with Gasteiger partial charge in [0.05, 0.1) is 39.8 Å². The van der Waals surface area contributed by atoms with Crippen LogP contribution in [0.5, 0.6) is 40.2 Å². The number of aliphatic hydroxyl groups excluding tert-OH is 1. The SMILES string of the molecule is CO.NNc1cccc(Oc2ccncc2)c1.Nc1cccc(Oc2ccncc2)c1.O=[N+]([O-])c1cccc(O)c1.O=[N+]([O-])c1cccc(Oc2ccncc2)c1.[Br-].[Br-].[Cl][Sn][Cl].c1cc[n+](-c2cc[nH+]cc2)cc1. The molecule has 384 valence electrons. The maximum absolute atomic E-state index is 10.5. The average molecular weight is 1280 g/mol. The van der Waals surface area contributed by atoms with E-state index in [0.717, 1.165) is 47.5 Å². The molecule has 0 atom stereocenters. The minimum Gasteiger partial charge on any atom is -0.217 e. The smallest absolute Gasteiger partial charge is 0.217 e. The van der Waals surface area contributed by atoms with Gasteiger partial charge in [0.1, 0.15) is 40.2 Å². The standard InChI is InChI=1S/C11H11N3O.C11H8N2O3.C11H10N2O.C10H9N2.C6H5NO3.CH4O.2BrH.2ClH.Sn/c12-14-9-2-1-3-11(8-9)15-10-4-6-13-7-5-10;14-13(15)9-2-1-3-11(8-9)16-10-4-6-12-7-5-10;12-9-2-1-3-11(8-9)14-10-4-6-13-7-5-10;1-2-8-12(9-3-1)10-4-6-11-7-5-10;8-6-3-1-2-5(4-6)7(9)10;1-2;;;;;/h1-8,14H,12H2;1-8H;1-8H,12H2;1-9H;1-4,8H;2H,1H3;4*1H;/q;;;+1;;;;;;;+2/p-3. The van der Waals surface area contributed by atoms with E-state index in [-0.39, 0.29) is 51.1 Å². The third kappa shape index (κ3) is 26.8. The van der Waals surface area contributed by atoms with E-state index in [9.17, 15) is 20.2 Å². The minimum atomic E-state index is -0.826. The fraction of sp³-hybridized carbons (Fsp3) is 0.0200. The number of non-ortho nitro benzene ring substituents is 2. The van der Waals surface area contributed by atoms with Gasteiger partial charge in [0.25, 0.3) is 11.4 Å². The third-order valence-electron chi connectivity index (χ3n) is 8.30. The number of halogens is 4. The normalized spacial score (nSPS) is 9.04. The predicted octanol–water partition coefficient (Wildman–Crippen LogP) is 4.09. The minimum absolute atomic E-state index is 0. The molecule has 24 heteroatoms. The molecule has 0 amide bonds. The summed E-state index contributed by atoms with van der Waals surface area (Å²) in [5.74, 6) is 9.20. The first kappa shape index (κ1) is 64.5. The Labute approximate surface area is 464 Å². The Morgan fingerprint density at radius 1 is 0.568 bits per heavy atom. The summed E-state index contributed by atoms with van der Waals surface area (Å²) in [6.07, 6.45) is 17.8. The van der Waals surface area contributed by atoms with E-state index >= 15 is 0 Å². The Bertz CT molecular complexity index is 2880. The number of hydrogen-bond donors (Lipinski definition) is 5. The number of nitrogens with zero attached hydrogens (tertiary/aromatic N) is 6. The number of aromatic nitrogens is 5. The number of aliphatic hydroxyl groups is 1. The topological polar surface area (TPSA) is 275 Å². The van der Waals surface area contributed by atoms with Crippen molar-refractivity contribution in [2.45, 2.75) is 0 Å². The number of anilines is 2. The largest absolute Gasteiger partial charge is 0.222 e. The molecule has 0 aliphatic rings. The van der Waals surface area contributed by atoms with Crippen molar-refractivity contribution in [3.05, 3.63) is 246 Å². The zero-order chi connectivity index (χ0) is 52.2. The zero-order valence-electron chi connectivity index (χ0n) is 39.0. The van der Waals surface area contributed by atoms with Crippen LogP contribution in [0.3, 0.4) is 0 Å². The van der Waals surface area contributed by atoms with Gasteiger partial charge in [-0.3, -0.25) is 41.0 Å². The van der Waals surface area contributed by atoms with Gasteiger partial charge in [-0.2, -0.15) is 4.57 Å². The van der Waals surface area contributed by atoms with Crippen molar-refractivity contribution in [2.75, 3.05) is 18.3 Å². The molecule has 0 saturated heterocycles. The van der Waals surface area contributed by atoms with E-state index < -0.39 is 28.7 Å². The summed E-state index contributed by atoms with van der Waals surface area (Å²) in [7, 11) is 10.9. The van der Waals surface area contributed by atoms with Crippen molar-refractivity contribution < 1.29 is 77.8 Å². The summed E-state index contributed by atoms with van der Waals surface area (Å²) in [5, 5.41) is 36.4. The molecule has 0 unspecified atom stereocenters. The number of aromatic hydroxyl groups is 1. The van der Waals surface area contributed by atoms with Crippen molar-refractivity contribution in [1.82, 2.24) is 15.0 Å². The molecule has 0 bridgehead atoms. The molecule has 0 spiro atoms. The summed E-state index contributed by atoms with van der Waals surface area (Å²) >= 11 is -0.826. The maximum atomic E-state index is 10.5. The molecule has 0 fully saturated rings. The second-order valence-corrected chi connectivity index (χ2v) is 17.5. The Morgan fingerprint density at radius 3 is 1.39 bits per heavy atom. The molecule has 74 heavy (non-hydrogen) atoms. The Hall–Kier alpha value is -7.51. The number of phenolic OH excluding ortho intramolecular Hbond substituents is 1. The number of nitrogen functional groups attached to an aromatic ring is 2. The monoisotopic (exact) mass is 1280 g/mol. The molecule has 2 radical (unpaired) electrons. The Kier molecular flexibility index (Phi) is 34.1. The fourth-order valence-electron chi connectivity index (χ4n) is 5.24. The van der Waals surface area contributed by atoms with E-state index in [1.54, 1.807) is 91.8 Å². The number of benzene rings is 4. The van der Waals surface area contributed by atoms with Crippen molar-refractivity contribution >= 4 is 59.5 Å². The fourth-order valence-corrected chi connectivity index (χ4v) is 5.24. The van der Waals surface area contributed by atoms with Crippen LogP contribution >= 0.6 is 17.8 Å². The quantitative estimate of drug-likeness (QED) is 0.0322. The van der Waals surface area contributed by atoms with Gasteiger partial charge in [-0.05, 0) is 72.8 Å². The first-order valence-corrected chi connectivity index (χ1v) is 28.0. The Morgan fingerprint density at radius 2 is 0.973 bits per heavy atom. The van der Waals surface area contributed by atoms with E-state index in [4.69, 9.17) is 53.8 Å². The van der Waals surface area contributed by atoms with E-state index in [2.05, 4.69) is 29.9 Å². The molecule has 8 N–H and O–H groups in total. The molecule has 9 rings (SSSR count). The number of hydrazine groups is 1. The molecular formula is C50H48Br2Cl2N10O9Sn. The number of aromatic amines is 1. The van der Waals surface area contributed by atoms with E-state index in [1.165, 1.54) is 30.3 Å². The Balaban J connectivity index is 0.000000452. The number of nitro benzene ring substituents is 2. The summed E-state index contributed by atoms with van der Waals surface area (Å²) in [6, 6.07) is 46.6. The maximum Gasteiger partial charge on any atom is 0.222 e. The van der Waals surface area contributed by atoms with Crippen LogP contribution < -0.4 is 74.7 Å². The number of ether oxygens (including phenoxy) is 3. The molecular weight excluding hydrogens is 1230 g/mol. The molecule has 0 saturated carbocycles. The van der Waals surface area contributed by atoms with Crippen LogP contribution in [0.15, 0.2) is 226 Å². The van der Waals surface area contributed by atoms with Crippen LogP contribution in [-0.2, 0) is 0 Å². The number of nitro groups is 2. The number of phenols is 1. The van der Waals surface area contributed by atoms with Crippen molar-refractivity contribution in [3.8, 4) is 45.9 Å². The molecule has 9 aromatic rings. The van der Waals surface area contributed by atoms with Gasteiger partial charge in [-0.25, -0.2) is 4.98 Å². The molecule has 4 aromatic carbocycles. The van der Waals surface area contributed by atoms with Crippen molar-refractivity contribution in [1.29, 1.82) is 0 Å². The van der Waals surface area contributed by atoms with Crippen LogP contribution in [0.1, 0.15) is 0 Å². The number of H-pyrrole nitrogens is 1. The number of nitrogens with one attached hydrogen (secondary N) is 2. The number of rotatable bonds is 10. The van der Waals surface area contributed by atoms with Gasteiger partial charge in [0.15, 0.2) is 24.8 Å². The average Bonchev–Trinajstić information content (AvgIpc) is 3.42. The molecule has 0 aliphatic heterocycles. The van der Waals surface area contributed by atoms with Crippen LogP contribution in [0.25, 0.3) is 5.69 Å². The summed E-state index contributed by atoms with van der Waals surface area (Å²) in [6.45, 7) is 0. The van der Waals surface area contributed by atoms with Gasteiger partial charge < -0.3 is 69.5 Å². The van der Waals surface area contributed by atoms with Gasteiger partial charge in [-0.15, -0.1) is 0 Å². The number of hydrogen-bond acceptors (Lipinski definition) is 15. The van der Waals surface area contributed by atoms with Gasteiger partial charge >= 0.3 is 36.7 Å². The first-order chi connectivity index (χ1) is 35.1. The third-order valence-corrected chi connectivity index (χ3v) is 8.30. The van der Waals surface area contributed by atoms with E-state index in [0.29, 0.717) is 17.2 Å². The van der Waals surface area contributed by atoms with Gasteiger partial charge in [0, 0.05) is 86.4 Å². The zero-order valence-corrected chi connectivity index (χ0v) is 46.5. The van der Waals surface area contributed by atoms with Gasteiger partial charge in [0.2, 0.25) is 5.69 Å². The van der Waals surface area contributed by atoms with Crippen LogP contribution in [-0.4, -0.2) is 61.0 Å². The predicted molar refractivity (Wildman–Crippen MR) is 276 cm³/mol.